The summed E-state index contributed by atoms with van der Waals surface area (Å²) in [6.45, 7) is 8.76. The van der Waals surface area contributed by atoms with Gasteiger partial charge in [-0.2, -0.15) is 0 Å². The van der Waals surface area contributed by atoms with Crippen LogP contribution in [0.1, 0.15) is 50.9 Å². The first-order valence-electron chi connectivity index (χ1n) is 7.47. The molecule has 1 amide bonds. The maximum atomic E-state index is 12.3. The summed E-state index contributed by atoms with van der Waals surface area (Å²) >= 11 is 0. The van der Waals surface area contributed by atoms with Crippen LogP contribution in [0.4, 0.5) is 0 Å². The van der Waals surface area contributed by atoms with Gasteiger partial charge in [0.05, 0.1) is 7.11 Å². The third-order valence-corrected chi connectivity index (χ3v) is 3.66. The van der Waals surface area contributed by atoms with Gasteiger partial charge in [-0.25, -0.2) is 5.01 Å². The number of nitrogens with one attached hydrogen (secondary N) is 1. The van der Waals surface area contributed by atoms with Crippen LogP contribution in [0.2, 0.25) is 0 Å². The molecule has 0 aromatic heterocycles. The van der Waals surface area contributed by atoms with Gasteiger partial charge in [-0.05, 0) is 36.1 Å². The molecule has 1 atom stereocenters. The number of rotatable bonds is 6. The van der Waals surface area contributed by atoms with E-state index in [1.807, 2.05) is 12.1 Å². The standard InChI is InChI=1S/C17H28N2O2/c1-7-8-15(17(2,3)4)19(5)18-16(20)13-9-11-14(21-6)12-10-13/h9-12,15H,7-8H2,1-6H3,(H,18,20)/t15-/m1/s1. The fourth-order valence-electron chi connectivity index (χ4n) is 2.53. The van der Waals surface area contributed by atoms with E-state index in [-0.39, 0.29) is 11.3 Å². The van der Waals surface area contributed by atoms with Crippen molar-refractivity contribution in [2.45, 2.75) is 46.6 Å². The molecule has 118 valence electrons. The summed E-state index contributed by atoms with van der Waals surface area (Å²) in [5.74, 6) is 0.656. The van der Waals surface area contributed by atoms with Crippen molar-refractivity contribution < 1.29 is 9.53 Å². The number of amides is 1. The summed E-state index contributed by atoms with van der Waals surface area (Å²) in [4.78, 5) is 12.3. The number of hydrogen-bond donors (Lipinski definition) is 1. The fraction of sp³-hybridized carbons (Fsp3) is 0.588. The highest BCUT2D eigenvalue weighted by Gasteiger charge is 2.28. The van der Waals surface area contributed by atoms with Crippen LogP contribution in [0, 0.1) is 5.41 Å². The first-order valence-corrected chi connectivity index (χ1v) is 7.47. The maximum Gasteiger partial charge on any atom is 0.265 e. The molecule has 21 heavy (non-hydrogen) atoms. The van der Waals surface area contributed by atoms with Crippen LogP contribution in [-0.2, 0) is 0 Å². The zero-order valence-corrected chi connectivity index (χ0v) is 14.1. The van der Waals surface area contributed by atoms with E-state index in [4.69, 9.17) is 4.74 Å². The van der Waals surface area contributed by atoms with E-state index in [9.17, 15) is 4.79 Å². The van der Waals surface area contributed by atoms with Gasteiger partial charge < -0.3 is 4.74 Å². The normalized spacial score (nSPS) is 13.1. The van der Waals surface area contributed by atoms with E-state index in [0.717, 1.165) is 18.6 Å². The van der Waals surface area contributed by atoms with E-state index in [1.54, 1.807) is 31.4 Å². The highest BCUT2D eigenvalue weighted by molar-refractivity contribution is 5.93. The molecule has 0 spiro atoms. The molecule has 1 N–H and O–H groups in total. The number of nitrogens with zero attached hydrogens (tertiary/aromatic N) is 1. The SMILES string of the molecule is CCC[C@@H](N(C)NC(=O)c1ccc(OC)cc1)C(C)(C)C. The molecule has 4 heteroatoms. The Morgan fingerprint density at radius 3 is 2.29 bits per heavy atom. The lowest BCUT2D eigenvalue weighted by atomic mass is 9.84. The first-order chi connectivity index (χ1) is 9.79. The summed E-state index contributed by atoms with van der Waals surface area (Å²) in [6, 6.07) is 7.43. The second-order valence-corrected chi connectivity index (χ2v) is 6.45. The Labute approximate surface area is 128 Å². The summed E-state index contributed by atoms with van der Waals surface area (Å²) in [5.41, 5.74) is 3.72. The number of methoxy groups -OCH3 is 1. The zero-order chi connectivity index (χ0) is 16.0. The minimum absolute atomic E-state index is 0.0921. The molecule has 0 saturated heterocycles. The Kier molecular flexibility index (Phi) is 6.21. The number of ether oxygens (including phenoxy) is 1. The lowest BCUT2D eigenvalue weighted by molar-refractivity contribution is 0.0521. The largest absolute Gasteiger partial charge is 0.497 e. The van der Waals surface area contributed by atoms with Crippen molar-refractivity contribution in [3.8, 4) is 5.75 Å². The maximum absolute atomic E-state index is 12.3. The topological polar surface area (TPSA) is 41.6 Å². The van der Waals surface area contributed by atoms with Crippen molar-refractivity contribution in [2.75, 3.05) is 14.2 Å². The van der Waals surface area contributed by atoms with Crippen molar-refractivity contribution in [1.82, 2.24) is 10.4 Å². The smallest absolute Gasteiger partial charge is 0.265 e. The van der Waals surface area contributed by atoms with Crippen LogP contribution in [-0.4, -0.2) is 31.1 Å². The molecule has 0 unspecified atom stereocenters. The summed E-state index contributed by atoms with van der Waals surface area (Å²) in [6.07, 6.45) is 2.13. The Hall–Kier alpha value is -1.55. The molecule has 0 aliphatic heterocycles. The average molecular weight is 292 g/mol. The number of hydrogen-bond acceptors (Lipinski definition) is 3. The van der Waals surface area contributed by atoms with Crippen molar-refractivity contribution in [1.29, 1.82) is 0 Å². The van der Waals surface area contributed by atoms with Gasteiger partial charge in [-0.15, -0.1) is 0 Å². The Bertz CT molecular complexity index is 449. The molecule has 1 rings (SSSR count). The third kappa shape index (κ3) is 5.05. The van der Waals surface area contributed by atoms with Crippen LogP contribution in [0.15, 0.2) is 24.3 Å². The van der Waals surface area contributed by atoms with E-state index in [1.165, 1.54) is 0 Å². The molecule has 1 aromatic carbocycles. The van der Waals surface area contributed by atoms with Gasteiger partial charge in [0, 0.05) is 18.7 Å². The van der Waals surface area contributed by atoms with E-state index < -0.39 is 0 Å². The zero-order valence-electron chi connectivity index (χ0n) is 14.1. The minimum atomic E-state index is -0.0921. The predicted octanol–water partition coefficient (Wildman–Crippen LogP) is 3.49. The van der Waals surface area contributed by atoms with Gasteiger partial charge in [-0.1, -0.05) is 34.1 Å². The number of carbonyl (C=O) groups excluding carboxylic acids is 1. The number of carbonyl (C=O) groups is 1. The minimum Gasteiger partial charge on any atom is -0.497 e. The molecule has 4 nitrogen and oxygen atoms in total. The van der Waals surface area contributed by atoms with E-state index >= 15 is 0 Å². The monoisotopic (exact) mass is 292 g/mol. The fourth-order valence-corrected chi connectivity index (χ4v) is 2.53. The Balaban J connectivity index is 2.75. The molecular formula is C17H28N2O2. The van der Waals surface area contributed by atoms with Crippen molar-refractivity contribution in [3.05, 3.63) is 29.8 Å². The van der Waals surface area contributed by atoms with Crippen LogP contribution < -0.4 is 10.2 Å². The average Bonchev–Trinajstić information content (AvgIpc) is 2.43. The van der Waals surface area contributed by atoms with Gasteiger partial charge >= 0.3 is 0 Å². The second-order valence-electron chi connectivity index (χ2n) is 6.45. The highest BCUT2D eigenvalue weighted by atomic mass is 16.5. The van der Waals surface area contributed by atoms with Crippen molar-refractivity contribution in [3.63, 3.8) is 0 Å². The van der Waals surface area contributed by atoms with Gasteiger partial charge in [-0.3, -0.25) is 10.2 Å². The number of benzene rings is 1. The summed E-state index contributed by atoms with van der Waals surface area (Å²) in [7, 11) is 3.55. The molecule has 0 heterocycles. The molecule has 1 aromatic rings. The Morgan fingerprint density at radius 2 is 1.86 bits per heavy atom. The van der Waals surface area contributed by atoms with Gasteiger partial charge in [0.25, 0.3) is 5.91 Å². The van der Waals surface area contributed by atoms with Gasteiger partial charge in [0.15, 0.2) is 0 Å². The van der Waals surface area contributed by atoms with Crippen molar-refractivity contribution in [2.24, 2.45) is 5.41 Å². The number of hydrazine groups is 1. The van der Waals surface area contributed by atoms with Gasteiger partial charge in [0.1, 0.15) is 5.75 Å². The van der Waals surface area contributed by atoms with E-state index in [2.05, 4.69) is 33.1 Å². The molecule has 0 radical (unpaired) electrons. The molecule has 0 bridgehead atoms. The van der Waals surface area contributed by atoms with E-state index in [0.29, 0.717) is 11.6 Å². The second kappa shape index (κ2) is 7.46. The molecular weight excluding hydrogens is 264 g/mol. The van der Waals surface area contributed by atoms with Crippen LogP contribution in [0.25, 0.3) is 0 Å². The summed E-state index contributed by atoms with van der Waals surface area (Å²) in [5, 5.41) is 1.94. The molecule has 0 aliphatic carbocycles. The lowest BCUT2D eigenvalue weighted by Crippen LogP contribution is -2.51. The Morgan fingerprint density at radius 1 is 1.29 bits per heavy atom. The van der Waals surface area contributed by atoms with Crippen LogP contribution in [0.3, 0.4) is 0 Å². The third-order valence-electron chi connectivity index (χ3n) is 3.66. The molecule has 0 saturated carbocycles. The van der Waals surface area contributed by atoms with Crippen molar-refractivity contribution >= 4 is 5.91 Å². The van der Waals surface area contributed by atoms with Crippen LogP contribution >= 0.6 is 0 Å². The van der Waals surface area contributed by atoms with Gasteiger partial charge in [0.2, 0.25) is 0 Å². The molecule has 0 fully saturated rings. The predicted molar refractivity (Wildman–Crippen MR) is 86.4 cm³/mol. The molecule has 0 aliphatic rings. The lowest BCUT2D eigenvalue weighted by Gasteiger charge is -2.38. The first kappa shape index (κ1) is 17.5. The van der Waals surface area contributed by atoms with Crippen LogP contribution in [0.5, 0.6) is 5.75 Å². The highest BCUT2D eigenvalue weighted by Crippen LogP contribution is 2.26. The quantitative estimate of drug-likeness (QED) is 0.816. The summed E-state index contributed by atoms with van der Waals surface area (Å²) < 4.78 is 5.10.